The summed E-state index contributed by atoms with van der Waals surface area (Å²) in [5.41, 5.74) is 1.39. The molecule has 1 aromatic carbocycles. The summed E-state index contributed by atoms with van der Waals surface area (Å²) in [6, 6.07) is 11.8. The van der Waals surface area contributed by atoms with E-state index in [1.165, 1.54) is 5.56 Å². The second kappa shape index (κ2) is 14.2. The summed E-state index contributed by atoms with van der Waals surface area (Å²) in [6.45, 7) is 8.72. The van der Waals surface area contributed by atoms with E-state index in [0.29, 0.717) is 18.0 Å². The van der Waals surface area contributed by atoms with E-state index in [2.05, 4.69) is 57.8 Å². The maximum atomic E-state index is 5.77. The smallest absolute Gasteiger partial charge is 0.191 e. The molecular formula is C23H39IN4O2. The van der Waals surface area contributed by atoms with Crippen molar-refractivity contribution in [3.05, 3.63) is 35.9 Å². The van der Waals surface area contributed by atoms with Crippen LogP contribution < -0.4 is 10.6 Å². The molecule has 0 spiro atoms. The number of ether oxygens (including phenoxy) is 2. The summed E-state index contributed by atoms with van der Waals surface area (Å²) >= 11 is 0. The maximum Gasteiger partial charge on any atom is 0.191 e. The summed E-state index contributed by atoms with van der Waals surface area (Å²) < 4.78 is 11.1. The number of guanidine groups is 1. The van der Waals surface area contributed by atoms with Gasteiger partial charge in [-0.15, -0.1) is 24.0 Å². The van der Waals surface area contributed by atoms with Crippen molar-refractivity contribution in [1.82, 2.24) is 15.5 Å². The van der Waals surface area contributed by atoms with E-state index in [0.717, 1.165) is 77.7 Å². The number of hydrogen-bond acceptors (Lipinski definition) is 4. The number of benzene rings is 1. The van der Waals surface area contributed by atoms with Gasteiger partial charge in [0.2, 0.25) is 0 Å². The predicted octanol–water partition coefficient (Wildman–Crippen LogP) is 3.27. The summed E-state index contributed by atoms with van der Waals surface area (Å²) in [4.78, 5) is 6.98. The minimum absolute atomic E-state index is 0. The van der Waals surface area contributed by atoms with E-state index in [-0.39, 0.29) is 24.0 Å². The molecule has 2 fully saturated rings. The molecule has 2 aliphatic rings. The summed E-state index contributed by atoms with van der Waals surface area (Å²) in [5, 5.41) is 7.04. The van der Waals surface area contributed by atoms with Gasteiger partial charge in [0.15, 0.2) is 5.96 Å². The Morgan fingerprint density at radius 1 is 1.27 bits per heavy atom. The van der Waals surface area contributed by atoms with Crippen molar-refractivity contribution < 1.29 is 9.47 Å². The van der Waals surface area contributed by atoms with E-state index >= 15 is 0 Å². The van der Waals surface area contributed by atoms with E-state index in [4.69, 9.17) is 9.47 Å². The molecule has 3 unspecified atom stereocenters. The van der Waals surface area contributed by atoms with Crippen molar-refractivity contribution in [2.45, 2.75) is 51.2 Å². The molecule has 30 heavy (non-hydrogen) atoms. The van der Waals surface area contributed by atoms with Gasteiger partial charge in [-0.2, -0.15) is 0 Å². The van der Waals surface area contributed by atoms with Crippen molar-refractivity contribution in [2.75, 3.05) is 46.6 Å². The van der Waals surface area contributed by atoms with Gasteiger partial charge in [-0.1, -0.05) is 30.3 Å². The van der Waals surface area contributed by atoms with Crippen molar-refractivity contribution in [3.8, 4) is 0 Å². The first-order chi connectivity index (χ1) is 14.2. The van der Waals surface area contributed by atoms with Crippen molar-refractivity contribution in [3.63, 3.8) is 0 Å². The fourth-order valence-corrected chi connectivity index (χ4v) is 4.14. The van der Waals surface area contributed by atoms with Gasteiger partial charge in [-0.05, 0) is 38.2 Å². The number of nitrogens with one attached hydrogen (secondary N) is 2. The maximum absolute atomic E-state index is 5.77. The van der Waals surface area contributed by atoms with Gasteiger partial charge in [0, 0.05) is 57.9 Å². The van der Waals surface area contributed by atoms with Crippen LogP contribution in [0.2, 0.25) is 0 Å². The fourth-order valence-electron chi connectivity index (χ4n) is 4.14. The lowest BCUT2D eigenvalue weighted by Gasteiger charge is -2.38. The third kappa shape index (κ3) is 8.69. The molecule has 3 atom stereocenters. The van der Waals surface area contributed by atoms with Gasteiger partial charge >= 0.3 is 0 Å². The van der Waals surface area contributed by atoms with Crippen molar-refractivity contribution >= 4 is 29.9 Å². The van der Waals surface area contributed by atoms with Gasteiger partial charge in [0.05, 0.1) is 13.2 Å². The third-order valence-electron chi connectivity index (χ3n) is 5.94. The Labute approximate surface area is 199 Å². The molecule has 2 N–H and O–H groups in total. The zero-order valence-electron chi connectivity index (χ0n) is 18.5. The van der Waals surface area contributed by atoms with E-state index in [9.17, 15) is 0 Å². The third-order valence-corrected chi connectivity index (χ3v) is 5.94. The number of rotatable bonds is 9. The van der Waals surface area contributed by atoms with Crippen molar-refractivity contribution in [2.24, 2.45) is 10.9 Å². The Hall–Kier alpha value is -0.900. The number of aliphatic imine (C=N–C) groups is 1. The predicted molar refractivity (Wildman–Crippen MR) is 134 cm³/mol. The molecule has 0 aliphatic carbocycles. The largest absolute Gasteiger partial charge is 0.381 e. The van der Waals surface area contributed by atoms with Crippen LogP contribution in [-0.4, -0.2) is 69.5 Å². The minimum atomic E-state index is 0. The first kappa shape index (κ1) is 25.4. The van der Waals surface area contributed by atoms with E-state index in [1.807, 2.05) is 7.05 Å². The lowest BCUT2D eigenvalue weighted by atomic mass is 9.97. The zero-order valence-corrected chi connectivity index (χ0v) is 20.8. The summed E-state index contributed by atoms with van der Waals surface area (Å²) in [5.74, 6) is 1.50. The average molecular weight is 530 g/mol. The number of hydrogen-bond donors (Lipinski definition) is 2. The summed E-state index contributed by atoms with van der Waals surface area (Å²) in [6.07, 6.45) is 4.40. The standard InChI is InChI=1S/C23H38N4O2.HI/c1-19-15-22(9-12-27(19)16-20-7-4-3-5-8-20)26-23(24-2)25-11-6-13-28-17-21-10-14-29-18-21;/h3-5,7-8,19,21-22H,6,9-18H2,1-2H3,(H2,24,25,26);1H. The molecule has 0 bridgehead atoms. The Balaban J connectivity index is 0.00000320. The molecule has 1 aromatic rings. The van der Waals surface area contributed by atoms with E-state index < -0.39 is 0 Å². The van der Waals surface area contributed by atoms with Gasteiger partial charge in [0.25, 0.3) is 0 Å². The highest BCUT2D eigenvalue weighted by Gasteiger charge is 2.25. The molecule has 0 aromatic heterocycles. The average Bonchev–Trinajstić information content (AvgIpc) is 3.26. The molecule has 0 amide bonds. The van der Waals surface area contributed by atoms with Gasteiger partial charge in [0.1, 0.15) is 0 Å². The molecule has 0 radical (unpaired) electrons. The molecule has 2 saturated heterocycles. The quantitative estimate of drug-likeness (QED) is 0.222. The molecule has 3 rings (SSSR count). The molecule has 6 nitrogen and oxygen atoms in total. The fraction of sp³-hybridized carbons (Fsp3) is 0.696. The van der Waals surface area contributed by atoms with Crippen LogP contribution in [0.3, 0.4) is 0 Å². The molecule has 2 aliphatic heterocycles. The van der Waals surface area contributed by atoms with Crippen LogP contribution in [0.25, 0.3) is 0 Å². The van der Waals surface area contributed by atoms with Gasteiger partial charge in [-0.3, -0.25) is 9.89 Å². The molecule has 7 heteroatoms. The molecular weight excluding hydrogens is 491 g/mol. The van der Waals surface area contributed by atoms with Gasteiger partial charge < -0.3 is 20.1 Å². The van der Waals surface area contributed by atoms with Crippen LogP contribution in [0.1, 0.15) is 38.2 Å². The molecule has 2 heterocycles. The molecule has 0 saturated carbocycles. The highest BCUT2D eigenvalue weighted by molar-refractivity contribution is 14.0. The lowest BCUT2D eigenvalue weighted by Crippen LogP contribution is -2.51. The van der Waals surface area contributed by atoms with Crippen LogP contribution >= 0.6 is 24.0 Å². The Morgan fingerprint density at radius 2 is 2.10 bits per heavy atom. The Morgan fingerprint density at radius 3 is 2.80 bits per heavy atom. The van der Waals surface area contributed by atoms with Crippen molar-refractivity contribution in [1.29, 1.82) is 0 Å². The van der Waals surface area contributed by atoms with Gasteiger partial charge in [-0.25, -0.2) is 0 Å². The van der Waals surface area contributed by atoms with Crippen LogP contribution in [0.15, 0.2) is 35.3 Å². The van der Waals surface area contributed by atoms with Crippen LogP contribution in [-0.2, 0) is 16.0 Å². The number of likely N-dealkylation sites (tertiary alicyclic amines) is 1. The lowest BCUT2D eigenvalue weighted by molar-refractivity contribution is 0.0887. The van der Waals surface area contributed by atoms with Crippen LogP contribution in [0, 0.1) is 5.92 Å². The summed E-state index contributed by atoms with van der Waals surface area (Å²) in [7, 11) is 1.85. The first-order valence-electron chi connectivity index (χ1n) is 11.1. The van der Waals surface area contributed by atoms with E-state index in [1.54, 1.807) is 0 Å². The Bertz CT molecular complexity index is 610. The first-order valence-corrected chi connectivity index (χ1v) is 11.1. The topological polar surface area (TPSA) is 58.1 Å². The Kier molecular flexibility index (Phi) is 12.0. The SMILES string of the molecule is CN=C(NCCCOCC1CCOC1)NC1CCN(Cc2ccccc2)C(C)C1.I. The molecule has 170 valence electrons. The highest BCUT2D eigenvalue weighted by Crippen LogP contribution is 2.20. The second-order valence-electron chi connectivity index (χ2n) is 8.33. The zero-order chi connectivity index (χ0) is 20.3. The highest BCUT2D eigenvalue weighted by atomic mass is 127. The van der Waals surface area contributed by atoms with Crippen LogP contribution in [0.4, 0.5) is 0 Å². The second-order valence-corrected chi connectivity index (χ2v) is 8.33. The minimum Gasteiger partial charge on any atom is -0.381 e. The monoisotopic (exact) mass is 530 g/mol. The number of piperidine rings is 1. The number of halogens is 1. The normalized spacial score (nSPS) is 25.0. The van der Waals surface area contributed by atoms with Crippen LogP contribution in [0.5, 0.6) is 0 Å². The number of nitrogens with zero attached hydrogens (tertiary/aromatic N) is 2.